The number of allylic oxidation sites excluding steroid dienone is 2. The maximum atomic E-state index is 11.6. The molecule has 2 fully saturated rings. The van der Waals surface area contributed by atoms with Crippen LogP contribution in [0, 0.1) is 17.8 Å². The van der Waals surface area contributed by atoms with E-state index in [-0.39, 0.29) is 5.97 Å². The van der Waals surface area contributed by atoms with Gasteiger partial charge in [-0.1, -0.05) is 26.0 Å². The molecule has 2 bridgehead atoms. The van der Waals surface area contributed by atoms with Crippen LogP contribution in [0.25, 0.3) is 0 Å². The first-order valence-electron chi connectivity index (χ1n) is 9.52. The number of carbonyl (C=O) groups is 1. The predicted octanol–water partition coefficient (Wildman–Crippen LogP) is 3.92. The Bertz CT molecular complexity index is 439. The predicted molar refractivity (Wildman–Crippen MR) is 102 cm³/mol. The van der Waals surface area contributed by atoms with Gasteiger partial charge in [0.05, 0.1) is 13.7 Å². The molecular weight excluding hydrogens is 338 g/mol. The van der Waals surface area contributed by atoms with Gasteiger partial charge in [-0.3, -0.25) is 8.98 Å². The lowest BCUT2D eigenvalue weighted by Gasteiger charge is -2.28. The lowest BCUT2D eigenvalue weighted by molar-refractivity contribution is -0.140. The van der Waals surface area contributed by atoms with E-state index in [0.717, 1.165) is 31.1 Å². The first-order valence-corrected chi connectivity index (χ1v) is 10.6. The Hall–Kier alpha value is -0.720. The molecule has 0 amide bonds. The summed E-state index contributed by atoms with van der Waals surface area (Å²) < 4.78 is 24.3. The molecule has 146 valence electrons. The maximum Gasteiger partial charge on any atom is 0.305 e. The highest BCUT2D eigenvalue weighted by atomic mass is 32.2. The van der Waals surface area contributed by atoms with Gasteiger partial charge in [0.2, 0.25) is 11.3 Å². The van der Waals surface area contributed by atoms with Gasteiger partial charge in [-0.25, -0.2) is 8.93 Å². The van der Waals surface area contributed by atoms with Crippen LogP contribution in [0.15, 0.2) is 12.2 Å². The smallest absolute Gasteiger partial charge is 0.305 e. The SMILES string of the molecule is C/C=C\CCCC(=O)OC.CCCOS(=O)NC1[C@H]2CC[C@H](C2)[C@@H]1C. The molecule has 0 radical (unpaired) electrons. The zero-order valence-electron chi connectivity index (χ0n) is 16.2. The van der Waals surface area contributed by atoms with Crippen LogP contribution in [-0.4, -0.2) is 29.9 Å². The van der Waals surface area contributed by atoms with Crippen LogP contribution >= 0.6 is 0 Å². The summed E-state index contributed by atoms with van der Waals surface area (Å²) in [6, 6.07) is 0.418. The molecule has 0 aromatic heterocycles. The fourth-order valence-corrected chi connectivity index (χ4v) is 4.74. The Morgan fingerprint density at radius 2 is 2.04 bits per heavy atom. The minimum Gasteiger partial charge on any atom is -0.469 e. The number of hydrogen-bond acceptors (Lipinski definition) is 4. The van der Waals surface area contributed by atoms with E-state index < -0.39 is 11.3 Å². The van der Waals surface area contributed by atoms with E-state index >= 15 is 0 Å². The lowest BCUT2D eigenvalue weighted by atomic mass is 9.87. The number of ether oxygens (including phenoxy) is 1. The number of nitrogens with one attached hydrogen (secondary N) is 1. The topological polar surface area (TPSA) is 64.6 Å². The standard InChI is InChI=1S/C11H21NO2S.C8H14O2/c1-3-6-14-15(13)12-11-8(2)9-4-5-10(11)7-9;1-3-4-5-6-7-8(9)10-2/h8-12H,3-7H2,1-2H3;3-4H,5-7H2,1-2H3/b;4-3-/t8-,9+,10-,11?,15?;/m0./s1. The van der Waals surface area contributed by atoms with E-state index in [1.165, 1.54) is 26.4 Å². The molecule has 2 aliphatic carbocycles. The van der Waals surface area contributed by atoms with Gasteiger partial charge in [0, 0.05) is 12.5 Å². The zero-order chi connectivity index (χ0) is 18.7. The first-order chi connectivity index (χ1) is 12.0. The quantitative estimate of drug-likeness (QED) is 0.378. The molecule has 0 aliphatic heterocycles. The summed E-state index contributed by atoms with van der Waals surface area (Å²) in [4.78, 5) is 10.5. The third-order valence-corrected chi connectivity index (χ3v) is 6.02. The highest BCUT2D eigenvalue weighted by molar-refractivity contribution is 7.78. The number of fused-ring (bicyclic) bond motifs is 2. The molecule has 5 nitrogen and oxygen atoms in total. The number of carbonyl (C=O) groups excluding carboxylic acids is 1. The van der Waals surface area contributed by atoms with E-state index in [0.29, 0.717) is 25.0 Å². The second kappa shape index (κ2) is 12.6. The van der Waals surface area contributed by atoms with Crippen LogP contribution in [0.1, 0.15) is 65.7 Å². The van der Waals surface area contributed by atoms with Gasteiger partial charge in [0.25, 0.3) is 0 Å². The van der Waals surface area contributed by atoms with Crippen molar-refractivity contribution in [2.75, 3.05) is 13.7 Å². The Morgan fingerprint density at radius 3 is 2.60 bits per heavy atom. The second-order valence-electron chi connectivity index (χ2n) is 6.93. The molecule has 0 aromatic carbocycles. The summed E-state index contributed by atoms with van der Waals surface area (Å²) in [7, 11) is 1.41. The van der Waals surface area contributed by atoms with E-state index in [9.17, 15) is 9.00 Å². The molecule has 0 saturated heterocycles. The van der Waals surface area contributed by atoms with Crippen molar-refractivity contribution in [1.29, 1.82) is 0 Å². The number of esters is 1. The highest BCUT2D eigenvalue weighted by Crippen LogP contribution is 2.48. The van der Waals surface area contributed by atoms with Crippen molar-refractivity contribution in [3.63, 3.8) is 0 Å². The maximum absolute atomic E-state index is 11.6. The van der Waals surface area contributed by atoms with Crippen molar-refractivity contribution in [2.45, 2.75) is 71.8 Å². The average Bonchev–Trinajstić information content (AvgIpc) is 3.20. The number of hydrogen-bond donors (Lipinski definition) is 1. The minimum absolute atomic E-state index is 0.121. The van der Waals surface area contributed by atoms with Crippen LogP contribution < -0.4 is 4.72 Å². The molecule has 2 saturated carbocycles. The molecule has 0 heterocycles. The minimum atomic E-state index is -1.28. The summed E-state index contributed by atoms with van der Waals surface area (Å²) >= 11 is -1.28. The normalized spacial score (nSPS) is 28.6. The Labute approximate surface area is 155 Å². The number of methoxy groups -OCH3 is 1. The van der Waals surface area contributed by atoms with Crippen molar-refractivity contribution in [1.82, 2.24) is 4.72 Å². The van der Waals surface area contributed by atoms with Crippen molar-refractivity contribution < 1.29 is 17.9 Å². The monoisotopic (exact) mass is 373 g/mol. The van der Waals surface area contributed by atoms with E-state index in [1.54, 1.807) is 0 Å². The Balaban J connectivity index is 0.000000275. The number of rotatable bonds is 9. The molecule has 25 heavy (non-hydrogen) atoms. The third kappa shape index (κ3) is 8.01. The van der Waals surface area contributed by atoms with Crippen molar-refractivity contribution >= 4 is 17.2 Å². The highest BCUT2D eigenvalue weighted by Gasteiger charge is 2.45. The van der Waals surface area contributed by atoms with Gasteiger partial charge in [-0.05, 0) is 63.2 Å². The van der Waals surface area contributed by atoms with Gasteiger partial charge in [-0.15, -0.1) is 0 Å². The molecule has 0 aromatic rings. The van der Waals surface area contributed by atoms with Crippen molar-refractivity contribution in [2.24, 2.45) is 17.8 Å². The Morgan fingerprint density at radius 1 is 1.32 bits per heavy atom. The molecule has 6 heteroatoms. The van der Waals surface area contributed by atoms with Gasteiger partial charge < -0.3 is 4.74 Å². The fraction of sp³-hybridized carbons (Fsp3) is 0.842. The first kappa shape index (κ1) is 22.3. The summed E-state index contributed by atoms with van der Waals surface area (Å²) in [5, 5.41) is 0. The molecular formula is C19H35NO4S. The van der Waals surface area contributed by atoms with Crippen molar-refractivity contribution in [3.05, 3.63) is 12.2 Å². The summed E-state index contributed by atoms with van der Waals surface area (Å²) in [5.41, 5.74) is 0. The van der Waals surface area contributed by atoms with Crippen LogP contribution in [0.3, 0.4) is 0 Å². The second-order valence-corrected chi connectivity index (χ2v) is 7.87. The lowest BCUT2D eigenvalue weighted by Crippen LogP contribution is -2.41. The molecule has 0 spiro atoms. The third-order valence-electron chi connectivity index (χ3n) is 5.17. The van der Waals surface area contributed by atoms with Gasteiger partial charge >= 0.3 is 5.97 Å². The number of unbranched alkanes of at least 4 members (excludes halogenated alkanes) is 1. The molecule has 2 unspecified atom stereocenters. The molecule has 1 N–H and O–H groups in total. The largest absolute Gasteiger partial charge is 0.469 e. The summed E-state index contributed by atoms with van der Waals surface area (Å²) in [6.45, 7) is 6.85. The van der Waals surface area contributed by atoms with E-state index in [4.69, 9.17) is 4.18 Å². The Kier molecular flexibility index (Phi) is 11.3. The average molecular weight is 374 g/mol. The summed E-state index contributed by atoms with van der Waals surface area (Å²) in [6.07, 6.45) is 11.3. The van der Waals surface area contributed by atoms with Gasteiger partial charge in [-0.2, -0.15) is 0 Å². The molecule has 5 atom stereocenters. The van der Waals surface area contributed by atoms with Crippen LogP contribution in [0.4, 0.5) is 0 Å². The van der Waals surface area contributed by atoms with Crippen LogP contribution in [-0.2, 0) is 25.0 Å². The van der Waals surface area contributed by atoms with Crippen molar-refractivity contribution in [3.8, 4) is 0 Å². The molecule has 2 aliphatic rings. The van der Waals surface area contributed by atoms with Crippen LogP contribution in [0.2, 0.25) is 0 Å². The van der Waals surface area contributed by atoms with Crippen LogP contribution in [0.5, 0.6) is 0 Å². The zero-order valence-corrected chi connectivity index (χ0v) is 17.0. The van der Waals surface area contributed by atoms with E-state index in [2.05, 4.69) is 16.4 Å². The fourth-order valence-electron chi connectivity index (χ4n) is 3.72. The van der Waals surface area contributed by atoms with Gasteiger partial charge in [0.15, 0.2) is 0 Å². The van der Waals surface area contributed by atoms with Gasteiger partial charge in [0.1, 0.15) is 0 Å². The molecule has 2 rings (SSSR count). The van der Waals surface area contributed by atoms with E-state index in [1.807, 2.05) is 26.0 Å². The summed E-state index contributed by atoms with van der Waals surface area (Å²) in [5.74, 6) is 2.14.